The summed E-state index contributed by atoms with van der Waals surface area (Å²) in [7, 11) is 0. The Bertz CT molecular complexity index is 698. The fourth-order valence-corrected chi connectivity index (χ4v) is 2.53. The third kappa shape index (κ3) is 1.32. The van der Waals surface area contributed by atoms with Gasteiger partial charge in [0.2, 0.25) is 5.02 Å². The van der Waals surface area contributed by atoms with Crippen LogP contribution in [0.1, 0.15) is 5.56 Å². The molecule has 80 valence electrons. The van der Waals surface area contributed by atoms with Gasteiger partial charge in [0.15, 0.2) is 17.2 Å². The summed E-state index contributed by atoms with van der Waals surface area (Å²) >= 11 is 11.3. The Morgan fingerprint density at radius 3 is 2.75 bits per heavy atom. The summed E-state index contributed by atoms with van der Waals surface area (Å²) in [6.07, 6.45) is 0. The lowest BCUT2D eigenvalue weighted by Gasteiger charge is -1.91. The lowest BCUT2D eigenvalue weighted by Crippen LogP contribution is -1.72. The van der Waals surface area contributed by atoms with Crippen molar-refractivity contribution < 1.29 is 16.0 Å². The maximum atomic E-state index is 6.13. The first kappa shape index (κ1) is 10.0. The van der Waals surface area contributed by atoms with Gasteiger partial charge in [0.25, 0.3) is 0 Å². The maximum absolute atomic E-state index is 6.13. The smallest absolute Gasteiger partial charge is 0.228 e. The molecule has 1 heterocycles. The van der Waals surface area contributed by atoms with Gasteiger partial charge in [-0.25, -0.2) is 0 Å². The third-order valence-electron chi connectivity index (χ3n) is 2.72. The first-order chi connectivity index (χ1) is 7.66. The van der Waals surface area contributed by atoms with Crippen LogP contribution in [0.25, 0.3) is 21.9 Å². The average molecular weight is 252 g/mol. The Balaban J connectivity index is 2.61. The van der Waals surface area contributed by atoms with Gasteiger partial charge in [0.1, 0.15) is 5.58 Å². The Morgan fingerprint density at radius 1 is 1.12 bits per heavy atom. The zero-order valence-electron chi connectivity index (χ0n) is 8.58. The number of halogens is 2. The summed E-state index contributed by atoms with van der Waals surface area (Å²) in [6, 6.07) is 9.74. The van der Waals surface area contributed by atoms with Crippen LogP contribution in [-0.2, 0) is 0 Å². The highest BCUT2D eigenvalue weighted by atomic mass is 35.5. The first-order valence-electron chi connectivity index (χ1n) is 4.95. The Morgan fingerprint density at radius 2 is 1.94 bits per heavy atom. The predicted molar refractivity (Wildman–Crippen MR) is 64.0 cm³/mol. The molecule has 0 saturated heterocycles. The van der Waals surface area contributed by atoms with Crippen LogP contribution in [0.3, 0.4) is 0 Å². The van der Waals surface area contributed by atoms with E-state index in [1.165, 1.54) is 0 Å². The van der Waals surface area contributed by atoms with Gasteiger partial charge in [0, 0.05) is 22.9 Å². The van der Waals surface area contributed by atoms with Crippen LogP contribution in [0.4, 0.5) is 0 Å². The van der Waals surface area contributed by atoms with Gasteiger partial charge in [0.05, 0.1) is 5.02 Å². The predicted octanol–water partition coefficient (Wildman–Crippen LogP) is 4.24. The van der Waals surface area contributed by atoms with Crippen molar-refractivity contribution in [2.75, 3.05) is 0 Å². The first-order valence-corrected chi connectivity index (χ1v) is 5.74. The van der Waals surface area contributed by atoms with Gasteiger partial charge < -0.3 is 4.42 Å². The molecule has 0 aliphatic rings. The molecule has 2 aromatic carbocycles. The number of fused-ring (bicyclic) bond motifs is 3. The SMILES string of the molecule is Cc1cccc2c1oc1c(Cl)cc([ClH+])cc12. The average Bonchev–Trinajstić information content (AvgIpc) is 2.59. The summed E-state index contributed by atoms with van der Waals surface area (Å²) in [5.41, 5.74) is 2.72. The molecule has 0 spiro atoms. The summed E-state index contributed by atoms with van der Waals surface area (Å²) in [5, 5.41) is 3.39. The second-order valence-corrected chi connectivity index (χ2v) is 4.71. The standard InChI is InChI=1S/C13H9Cl2O/c1-7-3-2-4-9-10-5-8(14)6-11(15)13(10)16-12(7)9/h2-6,14H,1H3/q+1. The molecule has 0 N–H and O–H groups in total. The molecular formula is C13H9Cl2O+. The highest BCUT2D eigenvalue weighted by Gasteiger charge is 2.14. The Hall–Kier alpha value is -1.18. The number of rotatable bonds is 0. The second-order valence-electron chi connectivity index (χ2n) is 3.84. The van der Waals surface area contributed by atoms with Crippen molar-refractivity contribution in [3.8, 4) is 0 Å². The van der Waals surface area contributed by atoms with Crippen LogP contribution in [0.5, 0.6) is 0 Å². The minimum Gasteiger partial charge on any atom is -0.454 e. The highest BCUT2D eigenvalue weighted by molar-refractivity contribution is 6.36. The van der Waals surface area contributed by atoms with E-state index in [9.17, 15) is 0 Å². The van der Waals surface area contributed by atoms with Crippen molar-refractivity contribution >= 4 is 33.5 Å². The van der Waals surface area contributed by atoms with Gasteiger partial charge in [-0.3, -0.25) is 0 Å². The van der Waals surface area contributed by atoms with Gasteiger partial charge in [-0.1, -0.05) is 29.8 Å². The zero-order chi connectivity index (χ0) is 11.3. The van der Waals surface area contributed by atoms with Crippen molar-refractivity contribution in [2.24, 2.45) is 0 Å². The Kier molecular flexibility index (Phi) is 2.13. The molecule has 0 unspecified atom stereocenters. The maximum Gasteiger partial charge on any atom is 0.228 e. The number of furan rings is 1. The minimum atomic E-state index is 0.582. The monoisotopic (exact) mass is 251 g/mol. The number of hydrogen-bond acceptors (Lipinski definition) is 1. The molecule has 0 saturated carbocycles. The van der Waals surface area contributed by atoms with Gasteiger partial charge >= 0.3 is 0 Å². The third-order valence-corrected chi connectivity index (χ3v) is 3.24. The fraction of sp³-hybridized carbons (Fsp3) is 0.0769. The molecule has 16 heavy (non-hydrogen) atoms. The van der Waals surface area contributed by atoms with Crippen molar-refractivity contribution in [3.63, 3.8) is 0 Å². The van der Waals surface area contributed by atoms with Crippen LogP contribution in [-0.4, -0.2) is 0 Å². The zero-order valence-corrected chi connectivity index (χ0v) is 10.2. The molecule has 0 fully saturated rings. The van der Waals surface area contributed by atoms with E-state index in [-0.39, 0.29) is 0 Å². The number of para-hydroxylation sites is 1. The summed E-state index contributed by atoms with van der Waals surface area (Å²) in [6.45, 7) is 2.02. The van der Waals surface area contributed by atoms with Crippen molar-refractivity contribution in [3.05, 3.63) is 45.9 Å². The second kappa shape index (κ2) is 3.41. The fourth-order valence-electron chi connectivity index (χ4n) is 1.97. The molecule has 0 amide bonds. The largest absolute Gasteiger partial charge is 0.454 e. The molecule has 0 bridgehead atoms. The summed E-state index contributed by atoms with van der Waals surface area (Å²) < 4.78 is 5.79. The molecule has 1 aromatic heterocycles. The highest BCUT2D eigenvalue weighted by Crippen LogP contribution is 2.35. The molecule has 3 heteroatoms. The quantitative estimate of drug-likeness (QED) is 0.583. The van der Waals surface area contributed by atoms with Crippen LogP contribution in [0.2, 0.25) is 10.0 Å². The van der Waals surface area contributed by atoms with Gasteiger partial charge in [-0.2, -0.15) is 0 Å². The number of hydrogen-bond donors (Lipinski definition) is 0. The molecule has 0 atom stereocenters. The van der Waals surface area contributed by atoms with Gasteiger partial charge in [-0.15, -0.1) is 0 Å². The van der Waals surface area contributed by atoms with Crippen LogP contribution >= 0.6 is 11.6 Å². The van der Waals surface area contributed by atoms with Crippen LogP contribution in [0.15, 0.2) is 34.7 Å². The van der Waals surface area contributed by atoms with E-state index in [1.807, 2.05) is 31.2 Å². The minimum absolute atomic E-state index is 0.582. The number of benzene rings is 2. The van der Waals surface area contributed by atoms with E-state index in [1.54, 1.807) is 6.07 Å². The summed E-state index contributed by atoms with van der Waals surface area (Å²) in [4.78, 5) is 0. The normalized spacial score (nSPS) is 11.4. The van der Waals surface area contributed by atoms with Crippen LogP contribution < -0.4 is 0 Å². The molecule has 0 aliphatic heterocycles. The molecule has 0 aliphatic carbocycles. The van der Waals surface area contributed by atoms with E-state index in [4.69, 9.17) is 27.6 Å². The molecule has 1 nitrogen and oxygen atoms in total. The lowest BCUT2D eigenvalue weighted by molar-refractivity contribution is -0.288. The van der Waals surface area contributed by atoms with Crippen molar-refractivity contribution in [1.29, 1.82) is 0 Å². The van der Waals surface area contributed by atoms with E-state index in [0.717, 1.165) is 32.5 Å². The van der Waals surface area contributed by atoms with Gasteiger partial charge in [-0.05, 0) is 12.5 Å². The molecule has 3 rings (SSSR count). The topological polar surface area (TPSA) is 13.1 Å². The van der Waals surface area contributed by atoms with E-state index >= 15 is 0 Å². The lowest BCUT2D eigenvalue weighted by atomic mass is 10.1. The molecule has 0 radical (unpaired) electrons. The summed E-state index contributed by atoms with van der Waals surface area (Å²) in [5.74, 6) is 0. The van der Waals surface area contributed by atoms with Crippen molar-refractivity contribution in [1.82, 2.24) is 0 Å². The van der Waals surface area contributed by atoms with Crippen molar-refractivity contribution in [2.45, 2.75) is 6.92 Å². The number of aryl methyl sites for hydroxylation is 1. The van der Waals surface area contributed by atoms with E-state index in [2.05, 4.69) is 0 Å². The molecule has 3 aromatic rings. The Labute approximate surface area is 103 Å². The molecular weight excluding hydrogens is 243 g/mol. The van der Waals surface area contributed by atoms with E-state index < -0.39 is 0 Å². The van der Waals surface area contributed by atoms with Crippen LogP contribution in [0, 0.1) is 18.5 Å². The van der Waals surface area contributed by atoms with E-state index in [0.29, 0.717) is 5.02 Å².